The van der Waals surface area contributed by atoms with Gasteiger partial charge in [-0.1, -0.05) is 6.07 Å². The number of nitrogens with one attached hydrogen (secondary N) is 1. The summed E-state index contributed by atoms with van der Waals surface area (Å²) in [5.41, 5.74) is 8.33. The molecular weight excluding hydrogens is 240 g/mol. The predicted molar refractivity (Wildman–Crippen MR) is 74.8 cm³/mol. The predicted octanol–water partition coefficient (Wildman–Crippen LogP) is 0.530. The summed E-state index contributed by atoms with van der Waals surface area (Å²) in [6.07, 6.45) is 3.55. The van der Waals surface area contributed by atoms with Crippen molar-refractivity contribution in [1.82, 2.24) is 20.3 Å². The maximum Gasteiger partial charge on any atom is 0.220 e. The highest BCUT2D eigenvalue weighted by molar-refractivity contribution is 5.73. The highest BCUT2D eigenvalue weighted by atomic mass is 15.2. The summed E-state index contributed by atoms with van der Waals surface area (Å²) in [5, 5.41) is 3.33. The van der Waals surface area contributed by atoms with Gasteiger partial charge in [0.25, 0.3) is 0 Å². The second-order valence-electron chi connectivity index (χ2n) is 4.41. The van der Waals surface area contributed by atoms with Crippen LogP contribution in [0.25, 0.3) is 11.4 Å². The van der Waals surface area contributed by atoms with Crippen LogP contribution in [0.15, 0.2) is 30.6 Å². The van der Waals surface area contributed by atoms with Crippen molar-refractivity contribution in [3.63, 3.8) is 0 Å². The fourth-order valence-electron chi connectivity index (χ4n) is 2.22. The lowest BCUT2D eigenvalue weighted by Gasteiger charge is -2.30. The Labute approximate surface area is 111 Å². The number of rotatable bonds is 2. The van der Waals surface area contributed by atoms with E-state index in [1.165, 1.54) is 0 Å². The molecule has 3 rings (SSSR count). The van der Waals surface area contributed by atoms with Gasteiger partial charge in [0, 0.05) is 32.4 Å². The number of piperazine rings is 1. The fourth-order valence-corrected chi connectivity index (χ4v) is 2.22. The number of nitrogens with zero attached hydrogens (tertiary/aromatic N) is 4. The first kappa shape index (κ1) is 11.9. The summed E-state index contributed by atoms with van der Waals surface area (Å²) in [6.45, 7) is 3.80. The molecule has 3 heterocycles. The SMILES string of the molecule is Nc1ncc(N2CCNCC2)c(-c2ccccn2)n1. The van der Waals surface area contributed by atoms with Gasteiger partial charge in [0.15, 0.2) is 0 Å². The first-order valence-electron chi connectivity index (χ1n) is 6.34. The number of hydrogen-bond donors (Lipinski definition) is 2. The Morgan fingerprint density at radius 1 is 1.16 bits per heavy atom. The third-order valence-electron chi connectivity index (χ3n) is 3.15. The van der Waals surface area contributed by atoms with Crippen LogP contribution in [0.1, 0.15) is 0 Å². The van der Waals surface area contributed by atoms with Gasteiger partial charge in [-0.15, -0.1) is 0 Å². The molecule has 98 valence electrons. The number of pyridine rings is 1. The van der Waals surface area contributed by atoms with Crippen LogP contribution in [0.4, 0.5) is 11.6 Å². The Hall–Kier alpha value is -2.21. The van der Waals surface area contributed by atoms with Gasteiger partial charge < -0.3 is 16.0 Å². The molecule has 1 aliphatic heterocycles. The quantitative estimate of drug-likeness (QED) is 0.816. The zero-order chi connectivity index (χ0) is 13.1. The van der Waals surface area contributed by atoms with Gasteiger partial charge in [-0.2, -0.15) is 0 Å². The Kier molecular flexibility index (Phi) is 3.24. The van der Waals surface area contributed by atoms with Gasteiger partial charge in [-0.3, -0.25) is 4.98 Å². The third-order valence-corrected chi connectivity index (χ3v) is 3.15. The average Bonchev–Trinajstić information content (AvgIpc) is 2.49. The van der Waals surface area contributed by atoms with E-state index in [1.54, 1.807) is 12.4 Å². The summed E-state index contributed by atoms with van der Waals surface area (Å²) >= 11 is 0. The first-order valence-corrected chi connectivity index (χ1v) is 6.34. The second kappa shape index (κ2) is 5.19. The topological polar surface area (TPSA) is 80.0 Å². The lowest BCUT2D eigenvalue weighted by atomic mass is 10.2. The molecule has 0 aliphatic carbocycles. The summed E-state index contributed by atoms with van der Waals surface area (Å²) in [5.74, 6) is 0.277. The molecule has 0 spiro atoms. The van der Waals surface area contributed by atoms with Crippen molar-refractivity contribution in [3.05, 3.63) is 30.6 Å². The van der Waals surface area contributed by atoms with E-state index in [2.05, 4.69) is 25.2 Å². The number of aromatic nitrogens is 3. The smallest absolute Gasteiger partial charge is 0.220 e. The maximum atomic E-state index is 5.71. The van der Waals surface area contributed by atoms with Crippen LogP contribution < -0.4 is 16.0 Å². The number of nitrogens with two attached hydrogens (primary N) is 1. The molecule has 19 heavy (non-hydrogen) atoms. The molecule has 1 aliphatic rings. The first-order chi connectivity index (χ1) is 9.34. The van der Waals surface area contributed by atoms with Gasteiger partial charge in [-0.05, 0) is 12.1 Å². The second-order valence-corrected chi connectivity index (χ2v) is 4.41. The average molecular weight is 256 g/mol. The van der Waals surface area contributed by atoms with Gasteiger partial charge in [0.1, 0.15) is 5.69 Å². The summed E-state index contributed by atoms with van der Waals surface area (Å²) in [6, 6.07) is 5.77. The Balaban J connectivity index is 2.04. The van der Waals surface area contributed by atoms with Crippen LogP contribution >= 0.6 is 0 Å². The molecule has 6 nitrogen and oxygen atoms in total. The van der Waals surface area contributed by atoms with Gasteiger partial charge >= 0.3 is 0 Å². The van der Waals surface area contributed by atoms with Crippen molar-refractivity contribution in [2.45, 2.75) is 0 Å². The summed E-state index contributed by atoms with van der Waals surface area (Å²) < 4.78 is 0. The fraction of sp³-hybridized carbons (Fsp3) is 0.308. The number of anilines is 2. The van der Waals surface area contributed by atoms with Crippen molar-refractivity contribution in [3.8, 4) is 11.4 Å². The summed E-state index contributed by atoms with van der Waals surface area (Å²) in [7, 11) is 0. The maximum absolute atomic E-state index is 5.71. The molecule has 0 bridgehead atoms. The lowest BCUT2D eigenvalue weighted by molar-refractivity contribution is 0.588. The van der Waals surface area contributed by atoms with Crippen molar-refractivity contribution in [1.29, 1.82) is 0 Å². The van der Waals surface area contributed by atoms with Crippen LogP contribution in [0.3, 0.4) is 0 Å². The number of nitrogen functional groups attached to an aromatic ring is 1. The normalized spacial score (nSPS) is 15.5. The zero-order valence-electron chi connectivity index (χ0n) is 10.6. The van der Waals surface area contributed by atoms with Crippen LogP contribution in [-0.2, 0) is 0 Å². The molecular formula is C13H16N6. The molecule has 0 saturated carbocycles. The Bertz CT molecular complexity index is 550. The number of hydrogen-bond acceptors (Lipinski definition) is 6. The van der Waals surface area contributed by atoms with E-state index in [4.69, 9.17) is 5.73 Å². The molecule has 2 aromatic heterocycles. The van der Waals surface area contributed by atoms with E-state index in [0.29, 0.717) is 0 Å². The van der Waals surface area contributed by atoms with Crippen molar-refractivity contribution >= 4 is 11.6 Å². The molecule has 1 fully saturated rings. The molecule has 0 aromatic carbocycles. The van der Waals surface area contributed by atoms with E-state index in [1.807, 2.05) is 18.2 Å². The highest BCUT2D eigenvalue weighted by Crippen LogP contribution is 2.27. The van der Waals surface area contributed by atoms with E-state index < -0.39 is 0 Å². The molecule has 0 radical (unpaired) electrons. The highest BCUT2D eigenvalue weighted by Gasteiger charge is 2.17. The molecule has 2 aromatic rings. The molecule has 3 N–H and O–H groups in total. The standard InChI is InChI=1S/C13H16N6/c14-13-17-9-11(19-7-5-15-6-8-19)12(18-13)10-3-1-2-4-16-10/h1-4,9,15H,5-8H2,(H2,14,17,18). The molecule has 1 saturated heterocycles. The largest absolute Gasteiger partial charge is 0.368 e. The van der Waals surface area contributed by atoms with Crippen molar-refractivity contribution < 1.29 is 0 Å². The Morgan fingerprint density at radius 3 is 2.74 bits per heavy atom. The minimum Gasteiger partial charge on any atom is -0.368 e. The summed E-state index contributed by atoms with van der Waals surface area (Å²) in [4.78, 5) is 15.1. The minimum absolute atomic E-state index is 0.277. The van der Waals surface area contributed by atoms with E-state index in [-0.39, 0.29) is 5.95 Å². The van der Waals surface area contributed by atoms with E-state index >= 15 is 0 Å². The lowest BCUT2D eigenvalue weighted by Crippen LogP contribution is -2.43. The van der Waals surface area contributed by atoms with Gasteiger partial charge in [-0.25, -0.2) is 9.97 Å². The van der Waals surface area contributed by atoms with E-state index in [0.717, 1.165) is 43.3 Å². The minimum atomic E-state index is 0.277. The third kappa shape index (κ3) is 2.48. The van der Waals surface area contributed by atoms with Crippen molar-refractivity contribution in [2.24, 2.45) is 0 Å². The molecule has 0 amide bonds. The van der Waals surface area contributed by atoms with E-state index in [9.17, 15) is 0 Å². The van der Waals surface area contributed by atoms with Gasteiger partial charge in [0.05, 0.1) is 17.6 Å². The molecule has 6 heteroatoms. The zero-order valence-corrected chi connectivity index (χ0v) is 10.6. The Morgan fingerprint density at radius 2 is 2.00 bits per heavy atom. The van der Waals surface area contributed by atoms with Crippen LogP contribution in [-0.4, -0.2) is 41.1 Å². The van der Waals surface area contributed by atoms with Crippen molar-refractivity contribution in [2.75, 3.05) is 36.8 Å². The molecule has 0 unspecified atom stereocenters. The molecule has 0 atom stereocenters. The monoisotopic (exact) mass is 256 g/mol. The van der Waals surface area contributed by atoms with Crippen LogP contribution in [0, 0.1) is 0 Å². The van der Waals surface area contributed by atoms with Gasteiger partial charge in [0.2, 0.25) is 5.95 Å². The van der Waals surface area contributed by atoms with Crippen LogP contribution in [0.2, 0.25) is 0 Å². The van der Waals surface area contributed by atoms with Crippen LogP contribution in [0.5, 0.6) is 0 Å².